The normalized spacial score (nSPS) is 22.0. The Hall–Kier alpha value is -1.50. The Bertz CT molecular complexity index is 613. The highest BCUT2D eigenvalue weighted by Gasteiger charge is 2.35. The number of carbonyl (C=O) groups excluding carboxylic acids is 2. The van der Waals surface area contributed by atoms with Gasteiger partial charge in [-0.05, 0) is 26.7 Å². The zero-order valence-corrected chi connectivity index (χ0v) is 14.2. The summed E-state index contributed by atoms with van der Waals surface area (Å²) in [5, 5.41) is 4.48. The van der Waals surface area contributed by atoms with E-state index in [1.165, 1.54) is 5.56 Å². The topological polar surface area (TPSA) is 58.4 Å². The molecule has 22 heavy (non-hydrogen) atoms. The molecular weight excluding hydrogens is 300 g/mol. The summed E-state index contributed by atoms with van der Waals surface area (Å²) in [7, 11) is 1.94. The van der Waals surface area contributed by atoms with Crippen LogP contribution in [0.15, 0.2) is 0 Å². The maximum absolute atomic E-state index is 12.7. The van der Waals surface area contributed by atoms with Crippen molar-refractivity contribution in [2.45, 2.75) is 32.7 Å². The third kappa shape index (κ3) is 2.62. The number of amides is 2. The van der Waals surface area contributed by atoms with Gasteiger partial charge in [-0.3, -0.25) is 14.3 Å². The maximum Gasteiger partial charge on any atom is 0.242 e. The first kappa shape index (κ1) is 15.4. The molecule has 1 aromatic heterocycles. The molecule has 0 saturated carbocycles. The van der Waals surface area contributed by atoms with Gasteiger partial charge in [0.05, 0.1) is 23.4 Å². The molecule has 2 aliphatic heterocycles. The van der Waals surface area contributed by atoms with Crippen molar-refractivity contribution in [2.24, 2.45) is 7.05 Å². The predicted molar refractivity (Wildman–Crippen MR) is 85.4 cm³/mol. The summed E-state index contributed by atoms with van der Waals surface area (Å²) in [5.41, 5.74) is 3.29. The SMILES string of the molecule is Cc1nn(C)c(C)c1[C@@H]1CCCN1C(=O)CN1CSCC1=O. The molecule has 1 aromatic rings. The molecule has 2 aliphatic rings. The van der Waals surface area contributed by atoms with Gasteiger partial charge >= 0.3 is 0 Å². The Labute approximate surface area is 134 Å². The summed E-state index contributed by atoms with van der Waals surface area (Å²) in [6.07, 6.45) is 1.98. The van der Waals surface area contributed by atoms with Crippen molar-refractivity contribution in [2.75, 3.05) is 24.7 Å². The predicted octanol–water partition coefficient (Wildman–Crippen LogP) is 1.23. The second-order valence-electron chi connectivity index (χ2n) is 6.02. The van der Waals surface area contributed by atoms with Crippen LogP contribution in [0.4, 0.5) is 0 Å². The molecule has 0 bridgehead atoms. The number of rotatable bonds is 3. The molecule has 2 saturated heterocycles. The summed E-state index contributed by atoms with van der Waals surface area (Å²) in [4.78, 5) is 28.0. The third-order valence-electron chi connectivity index (χ3n) is 4.62. The van der Waals surface area contributed by atoms with Gasteiger partial charge in [-0.25, -0.2) is 0 Å². The van der Waals surface area contributed by atoms with E-state index in [0.29, 0.717) is 11.6 Å². The molecule has 0 aromatic carbocycles. The monoisotopic (exact) mass is 322 g/mol. The Morgan fingerprint density at radius 2 is 2.18 bits per heavy atom. The van der Waals surface area contributed by atoms with E-state index in [-0.39, 0.29) is 24.4 Å². The smallest absolute Gasteiger partial charge is 0.242 e. The molecule has 2 amide bonds. The molecule has 7 heteroatoms. The summed E-state index contributed by atoms with van der Waals surface area (Å²) in [5.74, 6) is 1.26. The minimum Gasteiger partial charge on any atom is -0.334 e. The van der Waals surface area contributed by atoms with Crippen LogP contribution in [0.5, 0.6) is 0 Å². The molecule has 0 spiro atoms. The number of likely N-dealkylation sites (tertiary alicyclic amines) is 1. The van der Waals surface area contributed by atoms with E-state index in [2.05, 4.69) is 12.0 Å². The molecule has 120 valence electrons. The summed E-state index contributed by atoms with van der Waals surface area (Å²) < 4.78 is 1.88. The van der Waals surface area contributed by atoms with E-state index in [1.54, 1.807) is 16.7 Å². The molecule has 3 heterocycles. The van der Waals surface area contributed by atoms with E-state index < -0.39 is 0 Å². The van der Waals surface area contributed by atoms with Crippen LogP contribution in [0.2, 0.25) is 0 Å². The molecule has 3 rings (SSSR count). The second-order valence-corrected chi connectivity index (χ2v) is 6.98. The van der Waals surface area contributed by atoms with Crippen LogP contribution in [0, 0.1) is 13.8 Å². The molecule has 0 N–H and O–H groups in total. The fraction of sp³-hybridized carbons (Fsp3) is 0.667. The molecule has 2 fully saturated rings. The highest BCUT2D eigenvalue weighted by molar-refractivity contribution is 8.00. The summed E-state index contributed by atoms with van der Waals surface area (Å²) in [6, 6.07) is 0.103. The number of carbonyl (C=O) groups is 2. The lowest BCUT2D eigenvalue weighted by atomic mass is 10.0. The van der Waals surface area contributed by atoms with Gasteiger partial charge in [0.2, 0.25) is 11.8 Å². The van der Waals surface area contributed by atoms with E-state index in [1.807, 2.05) is 23.6 Å². The third-order valence-corrected chi connectivity index (χ3v) is 5.57. The number of aryl methyl sites for hydroxylation is 2. The first-order valence-corrected chi connectivity index (χ1v) is 8.79. The van der Waals surface area contributed by atoms with Gasteiger partial charge in [0.25, 0.3) is 0 Å². The van der Waals surface area contributed by atoms with E-state index in [4.69, 9.17) is 0 Å². The number of hydrogen-bond acceptors (Lipinski definition) is 4. The molecule has 6 nitrogen and oxygen atoms in total. The lowest BCUT2D eigenvalue weighted by Gasteiger charge is -2.27. The zero-order chi connectivity index (χ0) is 15.9. The van der Waals surface area contributed by atoms with Crippen molar-refractivity contribution >= 4 is 23.6 Å². The van der Waals surface area contributed by atoms with Gasteiger partial charge < -0.3 is 9.80 Å². The van der Waals surface area contributed by atoms with Crippen LogP contribution in [-0.4, -0.2) is 56.1 Å². The van der Waals surface area contributed by atoms with Crippen LogP contribution < -0.4 is 0 Å². The Kier molecular flexibility index (Phi) is 4.16. The summed E-state index contributed by atoms with van der Waals surface area (Å²) >= 11 is 1.57. The molecule has 0 radical (unpaired) electrons. The Balaban J connectivity index is 1.78. The Morgan fingerprint density at radius 3 is 2.77 bits per heavy atom. The fourth-order valence-corrected chi connectivity index (χ4v) is 4.34. The van der Waals surface area contributed by atoms with E-state index >= 15 is 0 Å². The zero-order valence-electron chi connectivity index (χ0n) is 13.3. The van der Waals surface area contributed by atoms with Gasteiger partial charge in [-0.1, -0.05) is 0 Å². The average Bonchev–Trinajstić information content (AvgIpc) is 3.13. The van der Waals surface area contributed by atoms with Crippen molar-refractivity contribution < 1.29 is 9.59 Å². The summed E-state index contributed by atoms with van der Waals surface area (Å²) in [6.45, 7) is 5.04. The van der Waals surface area contributed by atoms with Crippen molar-refractivity contribution in [3.63, 3.8) is 0 Å². The van der Waals surface area contributed by atoms with Gasteiger partial charge in [0.15, 0.2) is 0 Å². The number of nitrogens with zero attached hydrogens (tertiary/aromatic N) is 4. The van der Waals surface area contributed by atoms with Gasteiger partial charge in [-0.2, -0.15) is 5.10 Å². The standard InChI is InChI=1S/C15H22N4O2S/c1-10-15(11(2)17(3)16-10)12-5-4-6-19(12)13(20)7-18-9-22-8-14(18)21/h12H,4-9H2,1-3H3/t12-/m0/s1. The minimum atomic E-state index is 0.0565. The number of thioether (sulfide) groups is 1. The van der Waals surface area contributed by atoms with Crippen molar-refractivity contribution in [1.29, 1.82) is 0 Å². The lowest BCUT2D eigenvalue weighted by Crippen LogP contribution is -2.40. The number of aromatic nitrogens is 2. The van der Waals surface area contributed by atoms with Crippen LogP contribution in [-0.2, 0) is 16.6 Å². The Morgan fingerprint density at radius 1 is 1.41 bits per heavy atom. The van der Waals surface area contributed by atoms with Crippen LogP contribution in [0.25, 0.3) is 0 Å². The second kappa shape index (κ2) is 5.95. The lowest BCUT2D eigenvalue weighted by molar-refractivity contribution is -0.138. The van der Waals surface area contributed by atoms with Crippen LogP contribution in [0.1, 0.15) is 35.8 Å². The van der Waals surface area contributed by atoms with Crippen LogP contribution >= 0.6 is 11.8 Å². The van der Waals surface area contributed by atoms with Crippen molar-refractivity contribution in [3.05, 3.63) is 17.0 Å². The number of hydrogen-bond donors (Lipinski definition) is 0. The quantitative estimate of drug-likeness (QED) is 0.840. The fourth-order valence-electron chi connectivity index (χ4n) is 3.43. The molecular formula is C15H22N4O2S. The maximum atomic E-state index is 12.7. The first-order valence-electron chi connectivity index (χ1n) is 7.64. The van der Waals surface area contributed by atoms with Crippen molar-refractivity contribution in [3.8, 4) is 0 Å². The molecule has 0 aliphatic carbocycles. The largest absolute Gasteiger partial charge is 0.334 e. The van der Waals surface area contributed by atoms with Crippen molar-refractivity contribution in [1.82, 2.24) is 19.6 Å². The van der Waals surface area contributed by atoms with Crippen LogP contribution in [0.3, 0.4) is 0 Å². The van der Waals surface area contributed by atoms with Gasteiger partial charge in [0.1, 0.15) is 6.54 Å². The highest BCUT2D eigenvalue weighted by Crippen LogP contribution is 2.35. The highest BCUT2D eigenvalue weighted by atomic mass is 32.2. The minimum absolute atomic E-state index is 0.0565. The van der Waals surface area contributed by atoms with E-state index in [0.717, 1.165) is 30.8 Å². The molecule has 0 unspecified atom stereocenters. The van der Waals surface area contributed by atoms with Gasteiger partial charge in [0, 0.05) is 24.8 Å². The first-order chi connectivity index (χ1) is 10.5. The van der Waals surface area contributed by atoms with Gasteiger partial charge in [-0.15, -0.1) is 11.8 Å². The van der Waals surface area contributed by atoms with E-state index in [9.17, 15) is 9.59 Å². The molecule has 1 atom stereocenters. The average molecular weight is 322 g/mol.